The molecule has 0 radical (unpaired) electrons. The van der Waals surface area contributed by atoms with Crippen LogP contribution in [0.15, 0.2) is 48.5 Å². The van der Waals surface area contributed by atoms with Gasteiger partial charge in [-0.3, -0.25) is 14.9 Å². The molecule has 2 aromatic carbocycles. The molecule has 0 saturated heterocycles. The fourth-order valence-corrected chi connectivity index (χ4v) is 2.87. The minimum atomic E-state index is -0.561. The van der Waals surface area contributed by atoms with E-state index in [2.05, 4.69) is 5.32 Å². The molecule has 124 valence electrons. The zero-order chi connectivity index (χ0) is 16.9. The molecule has 0 bridgehead atoms. The number of anilines is 1. The Hall–Kier alpha value is -2.89. The first-order chi connectivity index (χ1) is 11.6. The number of rotatable bonds is 5. The molecule has 1 amide bonds. The Labute approximate surface area is 139 Å². The van der Waals surface area contributed by atoms with Gasteiger partial charge < -0.3 is 10.1 Å². The van der Waals surface area contributed by atoms with Crippen molar-refractivity contribution in [2.75, 3.05) is 5.32 Å². The lowest BCUT2D eigenvalue weighted by Crippen LogP contribution is -2.14. The predicted octanol–water partition coefficient (Wildman–Crippen LogP) is 4.17. The molecule has 1 aliphatic rings. The average molecular weight is 326 g/mol. The predicted molar refractivity (Wildman–Crippen MR) is 90.4 cm³/mol. The summed E-state index contributed by atoms with van der Waals surface area (Å²) < 4.78 is 5.91. The van der Waals surface area contributed by atoms with Gasteiger partial charge in [-0.05, 0) is 43.9 Å². The van der Waals surface area contributed by atoms with Crippen LogP contribution in [0.5, 0.6) is 5.75 Å². The van der Waals surface area contributed by atoms with E-state index in [0.29, 0.717) is 11.4 Å². The highest BCUT2D eigenvalue weighted by molar-refractivity contribution is 6.07. The molecule has 0 aromatic heterocycles. The number of para-hydroxylation sites is 1. The van der Waals surface area contributed by atoms with Gasteiger partial charge >= 0.3 is 0 Å². The normalized spacial score (nSPS) is 14.3. The second-order valence-electron chi connectivity index (χ2n) is 5.78. The van der Waals surface area contributed by atoms with Gasteiger partial charge in [0.05, 0.1) is 11.0 Å². The van der Waals surface area contributed by atoms with Crippen LogP contribution in [-0.4, -0.2) is 16.9 Å². The summed E-state index contributed by atoms with van der Waals surface area (Å²) in [6, 6.07) is 13.0. The first-order valence-corrected chi connectivity index (χ1v) is 7.95. The highest BCUT2D eigenvalue weighted by Crippen LogP contribution is 2.26. The SMILES string of the molecule is O=C(Nc1cccc(OC2CCCC2)c1)c1ccccc1[N+](=O)[O-]. The van der Waals surface area contributed by atoms with Crippen molar-refractivity contribution in [1.82, 2.24) is 0 Å². The summed E-state index contributed by atoms with van der Waals surface area (Å²) in [7, 11) is 0. The molecular formula is C18H18N2O4. The minimum Gasteiger partial charge on any atom is -0.490 e. The number of carbonyl (C=O) groups excluding carboxylic acids is 1. The van der Waals surface area contributed by atoms with Crippen molar-refractivity contribution in [3.63, 3.8) is 0 Å². The number of hydrogen-bond acceptors (Lipinski definition) is 4. The van der Waals surface area contributed by atoms with Crippen molar-refractivity contribution in [1.29, 1.82) is 0 Å². The molecule has 1 fully saturated rings. The largest absolute Gasteiger partial charge is 0.490 e. The standard InChI is InChI=1S/C18H18N2O4/c21-18(16-10-3-4-11-17(16)20(22)23)19-13-6-5-9-15(12-13)24-14-7-1-2-8-14/h3-6,9-12,14H,1-2,7-8H2,(H,19,21). The van der Waals surface area contributed by atoms with Crippen molar-refractivity contribution in [2.45, 2.75) is 31.8 Å². The van der Waals surface area contributed by atoms with Crippen LogP contribution in [0.4, 0.5) is 11.4 Å². The van der Waals surface area contributed by atoms with Gasteiger partial charge in [-0.1, -0.05) is 18.2 Å². The zero-order valence-corrected chi connectivity index (χ0v) is 13.1. The van der Waals surface area contributed by atoms with Crippen molar-refractivity contribution < 1.29 is 14.5 Å². The number of nitrogens with zero attached hydrogens (tertiary/aromatic N) is 1. The number of hydrogen-bond donors (Lipinski definition) is 1. The number of benzene rings is 2. The van der Waals surface area contributed by atoms with E-state index >= 15 is 0 Å². The van der Waals surface area contributed by atoms with E-state index in [9.17, 15) is 14.9 Å². The van der Waals surface area contributed by atoms with Gasteiger partial charge in [0.2, 0.25) is 0 Å². The average Bonchev–Trinajstić information content (AvgIpc) is 3.08. The van der Waals surface area contributed by atoms with Crippen molar-refractivity contribution >= 4 is 17.3 Å². The first kappa shape index (κ1) is 16.0. The maximum atomic E-state index is 12.3. The summed E-state index contributed by atoms with van der Waals surface area (Å²) in [5, 5.41) is 13.7. The molecule has 0 aliphatic heterocycles. The van der Waals surface area contributed by atoms with Crippen LogP contribution < -0.4 is 10.1 Å². The smallest absolute Gasteiger partial charge is 0.282 e. The third-order valence-corrected chi connectivity index (χ3v) is 4.04. The minimum absolute atomic E-state index is 0.0321. The fraction of sp³-hybridized carbons (Fsp3) is 0.278. The van der Waals surface area contributed by atoms with Gasteiger partial charge in [-0.25, -0.2) is 0 Å². The lowest BCUT2D eigenvalue weighted by molar-refractivity contribution is -0.385. The van der Waals surface area contributed by atoms with E-state index in [1.165, 1.54) is 31.0 Å². The number of nitro benzene ring substituents is 1. The number of nitrogens with one attached hydrogen (secondary N) is 1. The van der Waals surface area contributed by atoms with Gasteiger partial charge in [0.25, 0.3) is 11.6 Å². The Balaban J connectivity index is 1.74. The van der Waals surface area contributed by atoms with Gasteiger partial charge in [0.1, 0.15) is 11.3 Å². The summed E-state index contributed by atoms with van der Waals surface area (Å²) in [6.07, 6.45) is 4.68. The molecule has 0 spiro atoms. The maximum absolute atomic E-state index is 12.3. The first-order valence-electron chi connectivity index (χ1n) is 7.95. The quantitative estimate of drug-likeness (QED) is 0.660. The van der Waals surface area contributed by atoms with E-state index in [1.807, 2.05) is 6.07 Å². The van der Waals surface area contributed by atoms with Crippen LogP contribution in [0.1, 0.15) is 36.0 Å². The Bertz CT molecular complexity index is 754. The monoisotopic (exact) mass is 326 g/mol. The number of ether oxygens (including phenoxy) is 1. The second-order valence-corrected chi connectivity index (χ2v) is 5.78. The van der Waals surface area contributed by atoms with Crippen molar-refractivity contribution in [3.05, 3.63) is 64.2 Å². The lowest BCUT2D eigenvalue weighted by atomic mass is 10.1. The molecule has 6 heteroatoms. The summed E-state index contributed by atoms with van der Waals surface area (Å²) >= 11 is 0. The van der Waals surface area contributed by atoms with Gasteiger partial charge in [-0.2, -0.15) is 0 Å². The molecule has 2 aromatic rings. The maximum Gasteiger partial charge on any atom is 0.282 e. The third-order valence-electron chi connectivity index (χ3n) is 4.04. The molecule has 0 atom stereocenters. The second kappa shape index (κ2) is 7.12. The van der Waals surface area contributed by atoms with Crippen molar-refractivity contribution in [3.8, 4) is 5.75 Å². The molecule has 0 heterocycles. The van der Waals surface area contributed by atoms with E-state index < -0.39 is 10.8 Å². The fourth-order valence-electron chi connectivity index (χ4n) is 2.87. The Kier molecular flexibility index (Phi) is 4.74. The number of carbonyl (C=O) groups is 1. The highest BCUT2D eigenvalue weighted by Gasteiger charge is 2.20. The Morgan fingerprint density at radius 3 is 2.62 bits per heavy atom. The molecule has 1 aliphatic carbocycles. The molecule has 24 heavy (non-hydrogen) atoms. The summed E-state index contributed by atoms with van der Waals surface area (Å²) in [5.41, 5.74) is 0.367. The summed E-state index contributed by atoms with van der Waals surface area (Å²) in [6.45, 7) is 0. The Morgan fingerprint density at radius 2 is 1.88 bits per heavy atom. The van der Waals surface area contributed by atoms with Crippen LogP contribution in [-0.2, 0) is 0 Å². The summed E-state index contributed by atoms with van der Waals surface area (Å²) in [5.74, 6) is 0.183. The van der Waals surface area contributed by atoms with Crippen molar-refractivity contribution in [2.24, 2.45) is 0 Å². The third kappa shape index (κ3) is 3.71. The lowest BCUT2D eigenvalue weighted by Gasteiger charge is -2.14. The van der Waals surface area contributed by atoms with E-state index in [-0.39, 0.29) is 17.4 Å². The Morgan fingerprint density at radius 1 is 1.12 bits per heavy atom. The van der Waals surface area contributed by atoms with E-state index in [4.69, 9.17) is 4.74 Å². The van der Waals surface area contributed by atoms with E-state index in [0.717, 1.165) is 12.8 Å². The topological polar surface area (TPSA) is 81.5 Å². The highest BCUT2D eigenvalue weighted by atomic mass is 16.6. The number of nitro groups is 1. The molecule has 6 nitrogen and oxygen atoms in total. The zero-order valence-electron chi connectivity index (χ0n) is 13.1. The van der Waals surface area contributed by atoms with Crippen LogP contribution in [0.25, 0.3) is 0 Å². The number of amides is 1. The van der Waals surface area contributed by atoms with Gasteiger partial charge in [-0.15, -0.1) is 0 Å². The van der Waals surface area contributed by atoms with Crippen LogP contribution in [0, 0.1) is 10.1 Å². The molecule has 3 rings (SSSR count). The van der Waals surface area contributed by atoms with Crippen LogP contribution in [0.2, 0.25) is 0 Å². The molecule has 0 unspecified atom stereocenters. The van der Waals surface area contributed by atoms with Crippen LogP contribution >= 0.6 is 0 Å². The summed E-state index contributed by atoms with van der Waals surface area (Å²) in [4.78, 5) is 22.8. The molecule has 1 N–H and O–H groups in total. The molecule has 1 saturated carbocycles. The van der Waals surface area contributed by atoms with Gasteiger partial charge in [0.15, 0.2) is 0 Å². The molecular weight excluding hydrogens is 308 g/mol. The van der Waals surface area contributed by atoms with E-state index in [1.54, 1.807) is 24.3 Å². The van der Waals surface area contributed by atoms with Gasteiger partial charge in [0, 0.05) is 17.8 Å². The van der Waals surface area contributed by atoms with Crippen LogP contribution in [0.3, 0.4) is 0 Å².